The first-order chi connectivity index (χ1) is 6.47. The van der Waals surface area contributed by atoms with E-state index < -0.39 is 5.60 Å². The van der Waals surface area contributed by atoms with Crippen LogP contribution in [0.1, 0.15) is 31.9 Å². The van der Waals surface area contributed by atoms with Gasteiger partial charge in [0.1, 0.15) is 5.60 Å². The minimum atomic E-state index is -0.659. The SMILES string of the molecule is C=C(C)c1ccc(C(C)(C)OO)cc1. The Bertz CT molecular complexity index is 323. The highest BCUT2D eigenvalue weighted by Gasteiger charge is 2.20. The fourth-order valence-corrected chi connectivity index (χ4v) is 1.21. The molecular formula is C12H16O2. The Balaban J connectivity index is 2.99. The second kappa shape index (κ2) is 3.95. The molecule has 1 aromatic rings. The van der Waals surface area contributed by atoms with Crippen molar-refractivity contribution in [3.8, 4) is 0 Å². The molecule has 1 aromatic carbocycles. The highest BCUT2D eigenvalue weighted by Crippen LogP contribution is 2.24. The van der Waals surface area contributed by atoms with Crippen molar-refractivity contribution in [2.45, 2.75) is 26.4 Å². The minimum Gasteiger partial charge on any atom is -0.251 e. The molecule has 0 aliphatic carbocycles. The Hall–Kier alpha value is -1.12. The van der Waals surface area contributed by atoms with E-state index in [4.69, 9.17) is 5.26 Å². The fourth-order valence-electron chi connectivity index (χ4n) is 1.21. The molecule has 0 aromatic heterocycles. The predicted octanol–water partition coefficient (Wildman–Crippen LogP) is 3.44. The number of benzene rings is 1. The van der Waals surface area contributed by atoms with Gasteiger partial charge >= 0.3 is 0 Å². The van der Waals surface area contributed by atoms with Crippen molar-refractivity contribution < 1.29 is 10.1 Å². The molecule has 1 rings (SSSR count). The molecule has 0 radical (unpaired) electrons. The van der Waals surface area contributed by atoms with Gasteiger partial charge in [0, 0.05) is 0 Å². The summed E-state index contributed by atoms with van der Waals surface area (Å²) in [5.41, 5.74) is 2.40. The Morgan fingerprint density at radius 3 is 2.14 bits per heavy atom. The number of rotatable bonds is 3. The van der Waals surface area contributed by atoms with Crippen LogP contribution in [0.3, 0.4) is 0 Å². The van der Waals surface area contributed by atoms with Gasteiger partial charge in [0.15, 0.2) is 0 Å². The molecule has 2 nitrogen and oxygen atoms in total. The van der Waals surface area contributed by atoms with E-state index in [-0.39, 0.29) is 0 Å². The van der Waals surface area contributed by atoms with Crippen molar-refractivity contribution in [2.75, 3.05) is 0 Å². The summed E-state index contributed by atoms with van der Waals surface area (Å²) in [4.78, 5) is 4.40. The van der Waals surface area contributed by atoms with Crippen molar-refractivity contribution in [2.24, 2.45) is 0 Å². The lowest BCUT2D eigenvalue weighted by molar-refractivity contribution is -0.318. The van der Waals surface area contributed by atoms with Crippen molar-refractivity contribution in [3.05, 3.63) is 42.0 Å². The molecule has 1 N–H and O–H groups in total. The number of allylic oxidation sites excluding steroid dienone is 1. The zero-order chi connectivity index (χ0) is 10.8. The average molecular weight is 192 g/mol. The number of hydrogen-bond acceptors (Lipinski definition) is 2. The van der Waals surface area contributed by atoms with Gasteiger partial charge in [-0.2, -0.15) is 0 Å². The minimum absolute atomic E-state index is 0.659. The Morgan fingerprint density at radius 2 is 1.79 bits per heavy atom. The van der Waals surface area contributed by atoms with Crippen LogP contribution in [0.25, 0.3) is 5.57 Å². The van der Waals surface area contributed by atoms with Crippen LogP contribution in [0.4, 0.5) is 0 Å². The monoisotopic (exact) mass is 192 g/mol. The summed E-state index contributed by atoms with van der Waals surface area (Å²) in [6.07, 6.45) is 0. The van der Waals surface area contributed by atoms with E-state index in [2.05, 4.69) is 11.5 Å². The largest absolute Gasteiger partial charge is 0.251 e. The van der Waals surface area contributed by atoms with E-state index >= 15 is 0 Å². The van der Waals surface area contributed by atoms with Crippen LogP contribution in [-0.4, -0.2) is 5.26 Å². The molecule has 0 atom stereocenters. The van der Waals surface area contributed by atoms with E-state index in [1.807, 2.05) is 45.0 Å². The second-order valence-electron chi connectivity index (χ2n) is 3.96. The summed E-state index contributed by atoms with van der Waals surface area (Å²) in [5, 5.41) is 8.71. The van der Waals surface area contributed by atoms with Crippen LogP contribution in [0.2, 0.25) is 0 Å². The lowest BCUT2D eigenvalue weighted by Crippen LogP contribution is -2.19. The third-order valence-corrected chi connectivity index (χ3v) is 2.30. The molecule has 14 heavy (non-hydrogen) atoms. The van der Waals surface area contributed by atoms with Gasteiger partial charge in [-0.3, -0.25) is 5.26 Å². The quantitative estimate of drug-likeness (QED) is 0.587. The standard InChI is InChI=1S/C12H16O2/c1-9(2)10-5-7-11(8-6-10)12(3,4)14-13/h5-8,13H,1H2,2-4H3. The van der Waals surface area contributed by atoms with Gasteiger partial charge in [-0.1, -0.05) is 36.4 Å². The molecule has 0 amide bonds. The maximum atomic E-state index is 8.71. The van der Waals surface area contributed by atoms with E-state index in [1.54, 1.807) is 0 Å². The van der Waals surface area contributed by atoms with Crippen molar-refractivity contribution >= 4 is 5.57 Å². The Labute approximate surface area is 84.8 Å². The highest BCUT2D eigenvalue weighted by atomic mass is 17.1. The van der Waals surface area contributed by atoms with E-state index in [0.717, 1.165) is 16.7 Å². The van der Waals surface area contributed by atoms with Crippen LogP contribution in [0.15, 0.2) is 30.8 Å². The molecule has 0 saturated heterocycles. The third kappa shape index (κ3) is 2.22. The van der Waals surface area contributed by atoms with E-state index in [1.165, 1.54) is 0 Å². The molecule has 0 heterocycles. The van der Waals surface area contributed by atoms with Gasteiger partial charge in [0.25, 0.3) is 0 Å². The summed E-state index contributed by atoms with van der Waals surface area (Å²) >= 11 is 0. The number of hydrogen-bond donors (Lipinski definition) is 1. The van der Waals surface area contributed by atoms with E-state index in [0.29, 0.717) is 0 Å². The molecule has 0 bridgehead atoms. The van der Waals surface area contributed by atoms with Crippen LogP contribution in [0.5, 0.6) is 0 Å². The summed E-state index contributed by atoms with van der Waals surface area (Å²) in [6.45, 7) is 9.43. The Kier molecular flexibility index (Phi) is 3.09. The Morgan fingerprint density at radius 1 is 1.29 bits per heavy atom. The van der Waals surface area contributed by atoms with Crippen LogP contribution >= 0.6 is 0 Å². The molecule has 0 unspecified atom stereocenters. The molecule has 2 heteroatoms. The lowest BCUT2D eigenvalue weighted by atomic mass is 9.96. The van der Waals surface area contributed by atoms with Gasteiger partial charge in [-0.05, 0) is 31.9 Å². The zero-order valence-corrected chi connectivity index (χ0v) is 8.87. The van der Waals surface area contributed by atoms with Crippen LogP contribution in [0, 0.1) is 0 Å². The van der Waals surface area contributed by atoms with E-state index in [9.17, 15) is 0 Å². The van der Waals surface area contributed by atoms with Crippen LogP contribution in [-0.2, 0) is 10.5 Å². The third-order valence-electron chi connectivity index (χ3n) is 2.30. The maximum absolute atomic E-state index is 8.71. The fraction of sp³-hybridized carbons (Fsp3) is 0.333. The van der Waals surface area contributed by atoms with Gasteiger partial charge in [-0.15, -0.1) is 0 Å². The molecular weight excluding hydrogens is 176 g/mol. The summed E-state index contributed by atoms with van der Waals surface area (Å²) in [5.74, 6) is 0. The summed E-state index contributed by atoms with van der Waals surface area (Å²) < 4.78 is 0. The first-order valence-electron chi connectivity index (χ1n) is 4.56. The molecule has 0 saturated carbocycles. The smallest absolute Gasteiger partial charge is 0.123 e. The summed E-state index contributed by atoms with van der Waals surface area (Å²) in [7, 11) is 0. The molecule has 0 spiro atoms. The average Bonchev–Trinajstić information content (AvgIpc) is 2.18. The van der Waals surface area contributed by atoms with Gasteiger partial charge < -0.3 is 0 Å². The first kappa shape index (κ1) is 11.0. The summed E-state index contributed by atoms with van der Waals surface area (Å²) in [6, 6.07) is 7.80. The topological polar surface area (TPSA) is 29.5 Å². The van der Waals surface area contributed by atoms with Crippen LogP contribution < -0.4 is 0 Å². The first-order valence-corrected chi connectivity index (χ1v) is 4.56. The highest BCUT2D eigenvalue weighted by molar-refractivity contribution is 5.61. The lowest BCUT2D eigenvalue weighted by Gasteiger charge is -2.21. The molecule has 0 aliphatic rings. The molecule has 0 aliphatic heterocycles. The maximum Gasteiger partial charge on any atom is 0.123 e. The van der Waals surface area contributed by atoms with Gasteiger partial charge in [-0.25, -0.2) is 4.89 Å². The molecule has 76 valence electrons. The van der Waals surface area contributed by atoms with Gasteiger partial charge in [0.05, 0.1) is 0 Å². The normalized spacial score (nSPS) is 11.4. The van der Waals surface area contributed by atoms with Crippen molar-refractivity contribution in [1.82, 2.24) is 0 Å². The second-order valence-corrected chi connectivity index (χ2v) is 3.96. The zero-order valence-electron chi connectivity index (χ0n) is 8.87. The van der Waals surface area contributed by atoms with Gasteiger partial charge in [0.2, 0.25) is 0 Å². The van der Waals surface area contributed by atoms with Crippen molar-refractivity contribution in [1.29, 1.82) is 0 Å². The molecule has 0 fully saturated rings. The predicted molar refractivity (Wildman–Crippen MR) is 57.9 cm³/mol. The van der Waals surface area contributed by atoms with Crippen molar-refractivity contribution in [3.63, 3.8) is 0 Å².